The van der Waals surface area contributed by atoms with Crippen molar-refractivity contribution >= 4 is 46.1 Å². The van der Waals surface area contributed by atoms with Crippen LogP contribution in [0.25, 0.3) is 22.2 Å². The summed E-state index contributed by atoms with van der Waals surface area (Å²) in [4.78, 5) is 38.4. The van der Waals surface area contributed by atoms with Gasteiger partial charge in [-0.1, -0.05) is 29.3 Å². The Morgan fingerprint density at radius 1 is 1.20 bits per heavy atom. The van der Waals surface area contributed by atoms with Gasteiger partial charge in [-0.3, -0.25) is 14.2 Å². The number of anilines is 1. The molecule has 1 fully saturated rings. The molecule has 1 aliphatic rings. The Kier molecular flexibility index (Phi) is 9.52. The Hall–Kier alpha value is -3.38. The molecule has 1 aromatic carbocycles. The van der Waals surface area contributed by atoms with Gasteiger partial charge in [0.2, 0.25) is 11.9 Å². The van der Waals surface area contributed by atoms with Gasteiger partial charge in [0.15, 0.2) is 0 Å². The fourth-order valence-corrected chi connectivity index (χ4v) is 5.23. The SMILES string of the molecule is COc1cc(OC)c(Cl)c(-c2cc3cnc(N)nc3n(CCOC3CCN(C(=O)/C=C/CN(C)C)C3)c2=O)c1Cl. The molecule has 1 atom stereocenters. The molecule has 0 bridgehead atoms. The van der Waals surface area contributed by atoms with Gasteiger partial charge in [0.25, 0.3) is 5.56 Å². The molecule has 13 heteroatoms. The van der Waals surface area contributed by atoms with Crippen LogP contribution in [-0.2, 0) is 16.1 Å². The van der Waals surface area contributed by atoms with E-state index in [-0.39, 0.29) is 52.3 Å². The van der Waals surface area contributed by atoms with Gasteiger partial charge in [-0.2, -0.15) is 4.98 Å². The van der Waals surface area contributed by atoms with Crippen molar-refractivity contribution in [2.45, 2.75) is 19.1 Å². The second kappa shape index (κ2) is 12.9. The lowest BCUT2D eigenvalue weighted by atomic mass is 10.0. The molecule has 3 heterocycles. The van der Waals surface area contributed by atoms with E-state index in [0.717, 1.165) is 0 Å². The predicted molar refractivity (Wildman–Crippen MR) is 155 cm³/mol. The fourth-order valence-electron chi connectivity index (χ4n) is 4.53. The normalized spacial score (nSPS) is 15.5. The zero-order valence-corrected chi connectivity index (χ0v) is 24.3. The molecule has 1 amide bonds. The molecule has 1 saturated heterocycles. The van der Waals surface area contributed by atoms with Gasteiger partial charge in [-0.25, -0.2) is 4.98 Å². The largest absolute Gasteiger partial charge is 0.495 e. The molecule has 0 spiro atoms. The minimum Gasteiger partial charge on any atom is -0.495 e. The molecular formula is C27H32Cl2N6O5. The molecule has 3 aromatic rings. The quantitative estimate of drug-likeness (QED) is 0.354. The predicted octanol–water partition coefficient (Wildman–Crippen LogP) is 3.10. The Labute approximate surface area is 242 Å². The number of pyridine rings is 1. The van der Waals surface area contributed by atoms with Gasteiger partial charge in [-0.15, -0.1) is 0 Å². The van der Waals surface area contributed by atoms with Crippen molar-refractivity contribution in [3.8, 4) is 22.6 Å². The van der Waals surface area contributed by atoms with E-state index in [1.165, 1.54) is 25.0 Å². The number of benzene rings is 1. The monoisotopic (exact) mass is 590 g/mol. The maximum absolute atomic E-state index is 13.9. The number of rotatable bonds is 10. The Bertz CT molecular complexity index is 1460. The van der Waals surface area contributed by atoms with E-state index in [9.17, 15) is 9.59 Å². The van der Waals surface area contributed by atoms with Gasteiger partial charge in [-0.05, 0) is 26.6 Å². The average Bonchev–Trinajstić information content (AvgIpc) is 3.40. The van der Waals surface area contributed by atoms with Crippen LogP contribution in [0.2, 0.25) is 10.0 Å². The first kappa shape index (κ1) is 29.6. The summed E-state index contributed by atoms with van der Waals surface area (Å²) < 4.78 is 18.3. The van der Waals surface area contributed by atoms with Crippen molar-refractivity contribution in [1.82, 2.24) is 24.3 Å². The average molecular weight is 591 g/mol. The second-order valence-electron chi connectivity index (χ2n) is 9.54. The van der Waals surface area contributed by atoms with E-state index in [1.807, 2.05) is 25.1 Å². The number of hydrogen-bond acceptors (Lipinski definition) is 9. The van der Waals surface area contributed by atoms with Crippen molar-refractivity contribution in [1.29, 1.82) is 0 Å². The molecule has 11 nitrogen and oxygen atoms in total. The van der Waals surface area contributed by atoms with Crippen LogP contribution in [0.4, 0.5) is 5.95 Å². The van der Waals surface area contributed by atoms with Crippen LogP contribution in [0.1, 0.15) is 6.42 Å². The summed E-state index contributed by atoms with van der Waals surface area (Å²) in [5, 5.41) is 0.887. The Morgan fingerprint density at radius 2 is 1.90 bits per heavy atom. The third-order valence-corrected chi connectivity index (χ3v) is 7.30. The molecule has 2 N–H and O–H groups in total. The van der Waals surface area contributed by atoms with E-state index in [4.69, 9.17) is 43.1 Å². The molecule has 214 valence electrons. The van der Waals surface area contributed by atoms with Crippen LogP contribution >= 0.6 is 23.2 Å². The topological polar surface area (TPSA) is 125 Å². The number of nitrogens with zero attached hydrogens (tertiary/aromatic N) is 5. The van der Waals surface area contributed by atoms with Crippen LogP contribution in [0, 0.1) is 0 Å². The lowest BCUT2D eigenvalue weighted by Gasteiger charge is -2.18. The maximum atomic E-state index is 13.9. The first-order valence-corrected chi connectivity index (χ1v) is 13.4. The number of likely N-dealkylation sites (N-methyl/N-ethyl adjacent to an activating group) is 1. The highest BCUT2D eigenvalue weighted by molar-refractivity contribution is 6.41. The minimum atomic E-state index is -0.400. The number of halogens is 2. The summed E-state index contributed by atoms with van der Waals surface area (Å²) in [5.41, 5.74) is 6.28. The molecule has 0 aliphatic carbocycles. The first-order chi connectivity index (χ1) is 19.1. The molecular weight excluding hydrogens is 559 g/mol. The summed E-state index contributed by atoms with van der Waals surface area (Å²) in [5.74, 6) is 0.591. The Morgan fingerprint density at radius 3 is 2.55 bits per heavy atom. The van der Waals surface area contributed by atoms with Crippen molar-refractivity contribution in [3.63, 3.8) is 0 Å². The number of methoxy groups -OCH3 is 2. The van der Waals surface area contributed by atoms with E-state index >= 15 is 0 Å². The van der Waals surface area contributed by atoms with Crippen molar-refractivity contribution in [2.75, 3.05) is 60.3 Å². The number of amides is 1. The summed E-state index contributed by atoms with van der Waals surface area (Å²) in [6.45, 7) is 2.14. The molecule has 40 heavy (non-hydrogen) atoms. The number of hydrogen-bond donors (Lipinski definition) is 1. The summed E-state index contributed by atoms with van der Waals surface area (Å²) in [7, 11) is 6.80. The number of carbonyl (C=O) groups is 1. The highest BCUT2D eigenvalue weighted by atomic mass is 35.5. The smallest absolute Gasteiger partial charge is 0.260 e. The third kappa shape index (κ3) is 6.33. The number of ether oxygens (including phenoxy) is 3. The summed E-state index contributed by atoms with van der Waals surface area (Å²) >= 11 is 13.3. The number of fused-ring (bicyclic) bond motifs is 1. The van der Waals surface area contributed by atoms with E-state index in [2.05, 4.69) is 9.97 Å². The number of carbonyl (C=O) groups excluding carboxylic acids is 1. The van der Waals surface area contributed by atoms with Gasteiger partial charge >= 0.3 is 0 Å². The fraction of sp³-hybridized carbons (Fsp3) is 0.407. The van der Waals surface area contributed by atoms with Gasteiger partial charge in [0.1, 0.15) is 17.1 Å². The second-order valence-corrected chi connectivity index (χ2v) is 10.3. The van der Waals surface area contributed by atoms with Crippen LogP contribution < -0.4 is 20.8 Å². The molecule has 1 unspecified atom stereocenters. The highest BCUT2D eigenvalue weighted by Crippen LogP contribution is 2.45. The molecule has 2 aromatic heterocycles. The van der Waals surface area contributed by atoms with Crippen molar-refractivity contribution in [3.05, 3.63) is 50.9 Å². The minimum absolute atomic E-state index is 0.0284. The molecule has 0 saturated carbocycles. The van der Waals surface area contributed by atoms with Crippen molar-refractivity contribution in [2.24, 2.45) is 0 Å². The number of nitrogen functional groups attached to an aromatic ring is 1. The summed E-state index contributed by atoms with van der Waals surface area (Å²) in [6.07, 6.45) is 5.51. The van der Waals surface area contributed by atoms with Crippen LogP contribution in [0.5, 0.6) is 11.5 Å². The van der Waals surface area contributed by atoms with Gasteiger partial charge < -0.3 is 29.7 Å². The van der Waals surface area contributed by atoms with Crippen LogP contribution in [0.15, 0.2) is 35.3 Å². The van der Waals surface area contributed by atoms with Crippen LogP contribution in [-0.4, -0.2) is 90.9 Å². The van der Waals surface area contributed by atoms with E-state index in [0.29, 0.717) is 48.6 Å². The lowest BCUT2D eigenvalue weighted by molar-refractivity contribution is -0.125. The van der Waals surface area contributed by atoms with Crippen molar-refractivity contribution < 1.29 is 19.0 Å². The van der Waals surface area contributed by atoms with Gasteiger partial charge in [0, 0.05) is 48.9 Å². The third-order valence-electron chi connectivity index (χ3n) is 6.54. The zero-order chi connectivity index (χ0) is 29.0. The molecule has 0 radical (unpaired) electrons. The standard InChI is InChI=1S/C27H32Cl2N6O5/c1-33(2)8-5-6-21(36)34-9-7-17(15-34)40-11-10-35-25-16(14-31-27(30)32-25)12-18(26(35)37)22-23(28)19(38-3)13-20(39-4)24(22)29/h5-6,12-14,17H,7-11,15H2,1-4H3,(H2,30,31,32)/b6-5+. The van der Waals surface area contributed by atoms with E-state index < -0.39 is 5.56 Å². The number of nitrogens with two attached hydrogens (primary N) is 1. The zero-order valence-electron chi connectivity index (χ0n) is 22.8. The van der Waals surface area contributed by atoms with E-state index in [1.54, 1.807) is 23.1 Å². The summed E-state index contributed by atoms with van der Waals surface area (Å²) in [6, 6.07) is 3.17. The van der Waals surface area contributed by atoms with Crippen LogP contribution in [0.3, 0.4) is 0 Å². The lowest BCUT2D eigenvalue weighted by Crippen LogP contribution is -2.30. The number of aromatic nitrogens is 3. The Balaban J connectivity index is 1.60. The van der Waals surface area contributed by atoms with Gasteiger partial charge in [0.05, 0.1) is 49.1 Å². The molecule has 1 aliphatic heterocycles. The maximum Gasteiger partial charge on any atom is 0.260 e. The first-order valence-electron chi connectivity index (χ1n) is 12.6. The number of likely N-dealkylation sites (tertiary alicyclic amines) is 1. The molecule has 4 rings (SSSR count). The highest BCUT2D eigenvalue weighted by Gasteiger charge is 2.26.